The molecule has 1 aliphatic heterocycles. The van der Waals surface area contributed by atoms with E-state index in [0.717, 1.165) is 16.3 Å². The Hall–Kier alpha value is -1.18. The van der Waals surface area contributed by atoms with Crippen molar-refractivity contribution in [3.8, 4) is 0 Å². The van der Waals surface area contributed by atoms with E-state index in [-0.39, 0.29) is 11.8 Å². The quantitative estimate of drug-likeness (QED) is 0.916. The second kappa shape index (κ2) is 4.18. The molecule has 0 amide bonds. The summed E-state index contributed by atoms with van der Waals surface area (Å²) in [6.45, 7) is 2.59. The third kappa shape index (κ3) is 2.09. The van der Waals surface area contributed by atoms with Crippen LogP contribution in [-0.2, 0) is 16.4 Å². The lowest BCUT2D eigenvalue weighted by atomic mass is 10.3. The number of nitrogens with one attached hydrogen (secondary N) is 1. The van der Waals surface area contributed by atoms with Gasteiger partial charge in [-0.3, -0.25) is 4.40 Å². The van der Waals surface area contributed by atoms with Gasteiger partial charge in [0, 0.05) is 29.6 Å². The number of aromatic nitrogens is 2. The highest BCUT2D eigenvalue weighted by Crippen LogP contribution is 2.17. The van der Waals surface area contributed by atoms with Gasteiger partial charge in [0.2, 0.25) is 0 Å². The minimum absolute atomic E-state index is 0.0985. The predicted molar refractivity (Wildman–Crippen MR) is 71.4 cm³/mol. The summed E-state index contributed by atoms with van der Waals surface area (Å²) in [6.07, 6.45) is 3.69. The molecule has 0 radical (unpaired) electrons. The standard InChI is InChI=1S/C11H13N3O2S2/c1-8-10(14-3-4-17-11(14)13-8)6-12-9-2-5-18(15,16)7-9/h2-5,9,12H,6-7H2,1H3. The van der Waals surface area contributed by atoms with Crippen LogP contribution < -0.4 is 5.32 Å². The SMILES string of the molecule is Cc1nc2sccn2c1CNC1C=CS(=O)(=O)C1. The van der Waals surface area contributed by atoms with Crippen LogP contribution in [0.5, 0.6) is 0 Å². The normalized spacial score (nSPS) is 21.9. The fourth-order valence-electron chi connectivity index (χ4n) is 2.08. The lowest BCUT2D eigenvalue weighted by Crippen LogP contribution is -2.30. The Labute approximate surface area is 109 Å². The maximum absolute atomic E-state index is 11.3. The Balaban J connectivity index is 1.76. The predicted octanol–water partition coefficient (Wildman–Crippen LogP) is 1.10. The minimum Gasteiger partial charge on any atom is -0.304 e. The number of imidazole rings is 1. The molecule has 0 saturated heterocycles. The van der Waals surface area contributed by atoms with Crippen molar-refractivity contribution in [1.29, 1.82) is 0 Å². The van der Waals surface area contributed by atoms with Crippen molar-refractivity contribution in [2.75, 3.05) is 5.75 Å². The van der Waals surface area contributed by atoms with E-state index in [2.05, 4.69) is 10.3 Å². The maximum atomic E-state index is 11.3. The van der Waals surface area contributed by atoms with Crippen molar-refractivity contribution in [3.05, 3.63) is 34.4 Å². The lowest BCUT2D eigenvalue weighted by Gasteiger charge is -2.09. The summed E-state index contributed by atoms with van der Waals surface area (Å²) < 4.78 is 24.6. The molecule has 1 aliphatic rings. The molecular formula is C11H13N3O2S2. The first-order valence-corrected chi connectivity index (χ1v) is 8.20. The van der Waals surface area contributed by atoms with Crippen molar-refractivity contribution < 1.29 is 8.42 Å². The molecule has 1 atom stereocenters. The van der Waals surface area contributed by atoms with Gasteiger partial charge < -0.3 is 5.32 Å². The number of nitrogens with zero attached hydrogens (tertiary/aromatic N) is 2. The van der Waals surface area contributed by atoms with Crippen LogP contribution in [0, 0.1) is 6.92 Å². The van der Waals surface area contributed by atoms with Crippen molar-refractivity contribution in [2.24, 2.45) is 0 Å². The molecule has 18 heavy (non-hydrogen) atoms. The Morgan fingerprint density at radius 2 is 2.44 bits per heavy atom. The van der Waals surface area contributed by atoms with Gasteiger partial charge in [-0.25, -0.2) is 13.4 Å². The second-order valence-electron chi connectivity index (χ2n) is 4.34. The van der Waals surface area contributed by atoms with Gasteiger partial charge in [0.15, 0.2) is 14.8 Å². The molecule has 0 aliphatic carbocycles. The number of hydrogen-bond donors (Lipinski definition) is 1. The smallest absolute Gasteiger partial charge is 0.194 e. The highest BCUT2D eigenvalue weighted by Gasteiger charge is 2.21. The average molecular weight is 283 g/mol. The van der Waals surface area contributed by atoms with E-state index >= 15 is 0 Å². The van der Waals surface area contributed by atoms with Gasteiger partial charge in [-0.1, -0.05) is 6.08 Å². The van der Waals surface area contributed by atoms with Crippen molar-refractivity contribution in [1.82, 2.24) is 14.7 Å². The first-order chi connectivity index (χ1) is 8.55. The molecule has 0 aromatic carbocycles. The molecule has 0 spiro atoms. The van der Waals surface area contributed by atoms with Gasteiger partial charge in [0.1, 0.15) is 0 Å². The molecule has 7 heteroatoms. The molecule has 3 heterocycles. The van der Waals surface area contributed by atoms with Gasteiger partial charge in [0.05, 0.1) is 17.1 Å². The molecule has 2 aromatic rings. The number of aryl methyl sites for hydroxylation is 1. The molecule has 0 bridgehead atoms. The first kappa shape index (κ1) is 11.9. The molecule has 96 valence electrons. The van der Waals surface area contributed by atoms with E-state index < -0.39 is 9.84 Å². The largest absolute Gasteiger partial charge is 0.304 e. The third-order valence-corrected chi connectivity index (χ3v) is 5.18. The van der Waals surface area contributed by atoms with Gasteiger partial charge in [-0.2, -0.15) is 0 Å². The number of thiazole rings is 1. The summed E-state index contributed by atoms with van der Waals surface area (Å²) in [4.78, 5) is 5.42. The maximum Gasteiger partial charge on any atom is 0.194 e. The first-order valence-electron chi connectivity index (χ1n) is 5.60. The monoisotopic (exact) mass is 283 g/mol. The van der Waals surface area contributed by atoms with Gasteiger partial charge in [0.25, 0.3) is 0 Å². The van der Waals surface area contributed by atoms with Crippen molar-refractivity contribution >= 4 is 26.1 Å². The zero-order valence-corrected chi connectivity index (χ0v) is 11.5. The molecule has 3 rings (SSSR count). The summed E-state index contributed by atoms with van der Waals surface area (Å²) in [5.41, 5.74) is 2.07. The number of fused-ring (bicyclic) bond motifs is 1. The number of hydrogen-bond acceptors (Lipinski definition) is 5. The van der Waals surface area contributed by atoms with Crippen LogP contribution in [0.25, 0.3) is 4.96 Å². The Bertz CT molecular complexity index is 712. The van der Waals surface area contributed by atoms with E-state index in [1.807, 2.05) is 22.9 Å². The number of sulfone groups is 1. The molecular weight excluding hydrogens is 270 g/mol. The lowest BCUT2D eigenvalue weighted by molar-refractivity contribution is 0.587. The van der Waals surface area contributed by atoms with Gasteiger partial charge in [-0.05, 0) is 6.92 Å². The number of rotatable bonds is 3. The van der Waals surface area contributed by atoms with Crippen molar-refractivity contribution in [3.63, 3.8) is 0 Å². The highest BCUT2D eigenvalue weighted by molar-refractivity contribution is 7.94. The zero-order chi connectivity index (χ0) is 12.8. The Morgan fingerprint density at radius 3 is 3.17 bits per heavy atom. The fraction of sp³-hybridized carbons (Fsp3) is 0.364. The molecule has 0 fully saturated rings. The van der Waals surface area contributed by atoms with E-state index in [9.17, 15) is 8.42 Å². The average Bonchev–Trinajstić information content (AvgIpc) is 2.92. The van der Waals surface area contributed by atoms with E-state index in [4.69, 9.17) is 0 Å². The van der Waals surface area contributed by atoms with Crippen LogP contribution in [-0.4, -0.2) is 29.6 Å². The van der Waals surface area contributed by atoms with Crippen LogP contribution in [0.15, 0.2) is 23.1 Å². The molecule has 5 nitrogen and oxygen atoms in total. The fourth-order valence-corrected chi connectivity index (χ4v) is 4.13. The molecule has 1 unspecified atom stereocenters. The van der Waals surface area contributed by atoms with Gasteiger partial charge in [-0.15, -0.1) is 11.3 Å². The molecule has 2 aromatic heterocycles. The molecule has 0 saturated carbocycles. The summed E-state index contributed by atoms with van der Waals surface area (Å²) in [7, 11) is -2.99. The van der Waals surface area contributed by atoms with Crippen LogP contribution in [0.1, 0.15) is 11.4 Å². The van der Waals surface area contributed by atoms with Gasteiger partial charge >= 0.3 is 0 Å². The Morgan fingerprint density at radius 1 is 1.61 bits per heavy atom. The summed E-state index contributed by atoms with van der Waals surface area (Å²) >= 11 is 1.59. The van der Waals surface area contributed by atoms with E-state index in [1.165, 1.54) is 5.41 Å². The zero-order valence-electron chi connectivity index (χ0n) is 9.83. The summed E-state index contributed by atoms with van der Waals surface area (Å²) in [6, 6.07) is -0.0985. The van der Waals surface area contributed by atoms with Crippen molar-refractivity contribution in [2.45, 2.75) is 19.5 Å². The Kier molecular flexibility index (Phi) is 2.76. The van der Waals surface area contributed by atoms with Crippen LogP contribution in [0.3, 0.4) is 0 Å². The summed E-state index contributed by atoms with van der Waals surface area (Å²) in [5, 5.41) is 6.52. The third-order valence-electron chi connectivity index (χ3n) is 3.02. The topological polar surface area (TPSA) is 63.5 Å². The summed E-state index contributed by atoms with van der Waals surface area (Å²) in [5.74, 6) is 0.150. The van der Waals surface area contributed by atoms with E-state index in [1.54, 1.807) is 17.4 Å². The van der Waals surface area contributed by atoms with E-state index in [0.29, 0.717) is 6.54 Å². The highest BCUT2D eigenvalue weighted by atomic mass is 32.2. The molecule has 1 N–H and O–H groups in total. The van der Waals surface area contributed by atoms with Crippen LogP contribution in [0.2, 0.25) is 0 Å². The minimum atomic E-state index is -2.99. The van der Waals surface area contributed by atoms with Crippen LogP contribution >= 0.6 is 11.3 Å². The van der Waals surface area contributed by atoms with Crippen LogP contribution in [0.4, 0.5) is 0 Å². The second-order valence-corrected chi connectivity index (χ2v) is 7.15.